The first kappa shape index (κ1) is 16.8. The highest BCUT2D eigenvalue weighted by atomic mass is 32.1. The molecule has 1 aliphatic heterocycles. The molecule has 3 nitrogen and oxygen atoms in total. The zero-order valence-corrected chi connectivity index (χ0v) is 15.1. The van der Waals surface area contributed by atoms with Crippen LogP contribution in [0.25, 0.3) is 0 Å². The van der Waals surface area contributed by atoms with Gasteiger partial charge in [0.25, 0.3) is 0 Å². The van der Waals surface area contributed by atoms with Gasteiger partial charge in [-0.15, -0.1) is 11.3 Å². The molecule has 1 N–H and O–H groups in total. The fourth-order valence-electron chi connectivity index (χ4n) is 2.82. The quantitative estimate of drug-likeness (QED) is 0.896. The molecule has 1 aromatic heterocycles. The highest BCUT2D eigenvalue weighted by Gasteiger charge is 2.20. The molecule has 1 atom stereocenters. The summed E-state index contributed by atoms with van der Waals surface area (Å²) < 4.78 is 0. The fourth-order valence-corrected chi connectivity index (χ4v) is 3.87. The van der Waals surface area contributed by atoms with Crippen LogP contribution < -0.4 is 10.2 Å². The second-order valence-corrected chi connectivity index (χ2v) is 8.36. The van der Waals surface area contributed by atoms with Crippen LogP contribution in [0.15, 0.2) is 0 Å². The summed E-state index contributed by atoms with van der Waals surface area (Å²) in [6.07, 6.45) is 5.35. The van der Waals surface area contributed by atoms with Gasteiger partial charge in [-0.05, 0) is 52.9 Å². The van der Waals surface area contributed by atoms with E-state index in [4.69, 9.17) is 4.98 Å². The summed E-state index contributed by atoms with van der Waals surface area (Å²) in [7, 11) is 0. The Kier molecular flexibility index (Phi) is 5.67. The third kappa shape index (κ3) is 4.96. The molecule has 21 heavy (non-hydrogen) atoms. The van der Waals surface area contributed by atoms with Crippen LogP contribution in [-0.4, -0.2) is 23.6 Å². The van der Waals surface area contributed by atoms with E-state index in [0.29, 0.717) is 0 Å². The Labute approximate surface area is 134 Å². The van der Waals surface area contributed by atoms with Gasteiger partial charge in [0.1, 0.15) is 0 Å². The molecule has 120 valence electrons. The van der Waals surface area contributed by atoms with Gasteiger partial charge in [0, 0.05) is 30.1 Å². The first-order chi connectivity index (χ1) is 9.89. The predicted octanol–water partition coefficient (Wildman–Crippen LogP) is 4.36. The Hall–Kier alpha value is -0.610. The molecule has 2 rings (SSSR count). The van der Waals surface area contributed by atoms with Gasteiger partial charge in [-0.3, -0.25) is 0 Å². The zero-order valence-electron chi connectivity index (χ0n) is 14.3. The van der Waals surface area contributed by atoms with Crippen LogP contribution in [-0.2, 0) is 6.54 Å². The molecule has 4 heteroatoms. The summed E-state index contributed by atoms with van der Waals surface area (Å²) in [6.45, 7) is 14.4. The molecular weight excluding hydrogens is 278 g/mol. The molecule has 0 aromatic carbocycles. The number of hydrogen-bond donors (Lipinski definition) is 1. The Balaban J connectivity index is 2.00. The lowest BCUT2D eigenvalue weighted by atomic mass is 9.98. The minimum absolute atomic E-state index is 0.160. The van der Waals surface area contributed by atoms with Crippen LogP contribution in [0.4, 0.5) is 5.13 Å². The lowest BCUT2D eigenvalue weighted by molar-refractivity contribution is 0.425. The van der Waals surface area contributed by atoms with Crippen molar-refractivity contribution in [2.24, 2.45) is 5.92 Å². The Morgan fingerprint density at radius 3 is 2.71 bits per heavy atom. The van der Waals surface area contributed by atoms with Gasteiger partial charge in [-0.2, -0.15) is 0 Å². The number of nitrogens with zero attached hydrogens (tertiary/aromatic N) is 2. The van der Waals surface area contributed by atoms with Gasteiger partial charge >= 0.3 is 0 Å². The van der Waals surface area contributed by atoms with E-state index < -0.39 is 0 Å². The minimum Gasteiger partial charge on any atom is -0.348 e. The van der Waals surface area contributed by atoms with E-state index in [2.05, 4.69) is 44.8 Å². The van der Waals surface area contributed by atoms with E-state index in [1.165, 1.54) is 54.5 Å². The Bertz CT molecular complexity index is 447. The van der Waals surface area contributed by atoms with Crippen LogP contribution >= 0.6 is 11.3 Å². The number of nitrogens with one attached hydrogen (secondary N) is 1. The van der Waals surface area contributed by atoms with Crippen LogP contribution in [0.2, 0.25) is 0 Å². The van der Waals surface area contributed by atoms with Crippen molar-refractivity contribution >= 4 is 16.5 Å². The van der Waals surface area contributed by atoms with Gasteiger partial charge in [0.2, 0.25) is 0 Å². The van der Waals surface area contributed by atoms with Gasteiger partial charge in [0.15, 0.2) is 5.13 Å². The maximum atomic E-state index is 4.83. The van der Waals surface area contributed by atoms with Crippen molar-refractivity contribution < 1.29 is 0 Å². The number of aromatic nitrogens is 1. The molecule has 1 saturated heterocycles. The molecule has 1 aromatic rings. The highest BCUT2D eigenvalue weighted by Crippen LogP contribution is 2.30. The SMILES string of the molecule is CCC1CCCN(c2nc(C)c(CNC(C)(C)C)s2)CC1. The lowest BCUT2D eigenvalue weighted by Gasteiger charge is -2.20. The summed E-state index contributed by atoms with van der Waals surface area (Å²) in [6, 6.07) is 0. The number of thiazole rings is 1. The number of hydrogen-bond acceptors (Lipinski definition) is 4. The van der Waals surface area contributed by atoms with Gasteiger partial charge in [-0.25, -0.2) is 4.98 Å². The van der Waals surface area contributed by atoms with Crippen LogP contribution in [0.3, 0.4) is 0 Å². The summed E-state index contributed by atoms with van der Waals surface area (Å²) >= 11 is 1.88. The molecular formula is C17H31N3S. The standard InChI is InChI=1S/C17H31N3S/c1-6-14-8-7-10-20(11-9-14)16-19-13(2)15(21-16)12-18-17(3,4)5/h14,18H,6-12H2,1-5H3. The van der Waals surface area contributed by atoms with E-state index >= 15 is 0 Å². The third-order valence-electron chi connectivity index (χ3n) is 4.36. The first-order valence-electron chi connectivity index (χ1n) is 8.35. The van der Waals surface area contributed by atoms with Crippen LogP contribution in [0.5, 0.6) is 0 Å². The van der Waals surface area contributed by atoms with E-state index in [1.807, 2.05) is 11.3 Å². The van der Waals surface area contributed by atoms with Crippen molar-refractivity contribution in [3.05, 3.63) is 10.6 Å². The van der Waals surface area contributed by atoms with Gasteiger partial charge in [-0.1, -0.05) is 13.3 Å². The Morgan fingerprint density at radius 2 is 2.05 bits per heavy atom. The van der Waals surface area contributed by atoms with E-state index in [-0.39, 0.29) is 5.54 Å². The fraction of sp³-hybridized carbons (Fsp3) is 0.824. The maximum Gasteiger partial charge on any atom is 0.185 e. The van der Waals surface area contributed by atoms with Crippen molar-refractivity contribution in [3.63, 3.8) is 0 Å². The maximum absolute atomic E-state index is 4.83. The largest absolute Gasteiger partial charge is 0.348 e. The molecule has 1 unspecified atom stereocenters. The van der Waals surface area contributed by atoms with Crippen molar-refractivity contribution in [1.29, 1.82) is 0 Å². The van der Waals surface area contributed by atoms with E-state index in [1.54, 1.807) is 0 Å². The molecule has 1 fully saturated rings. The molecule has 0 bridgehead atoms. The highest BCUT2D eigenvalue weighted by molar-refractivity contribution is 7.15. The molecule has 0 saturated carbocycles. The third-order valence-corrected chi connectivity index (χ3v) is 5.57. The Morgan fingerprint density at radius 1 is 1.29 bits per heavy atom. The van der Waals surface area contributed by atoms with Gasteiger partial charge < -0.3 is 10.2 Å². The molecule has 0 spiro atoms. The minimum atomic E-state index is 0.160. The average molecular weight is 310 g/mol. The molecule has 0 radical (unpaired) electrons. The second-order valence-electron chi connectivity index (χ2n) is 7.30. The number of rotatable bonds is 4. The van der Waals surface area contributed by atoms with Crippen molar-refractivity contribution in [2.75, 3.05) is 18.0 Å². The summed E-state index contributed by atoms with van der Waals surface area (Å²) in [5.41, 5.74) is 1.36. The number of anilines is 1. The normalized spacial score (nSPS) is 20.6. The van der Waals surface area contributed by atoms with Crippen LogP contribution in [0, 0.1) is 12.8 Å². The molecule has 0 aliphatic carbocycles. The van der Waals surface area contributed by atoms with Crippen molar-refractivity contribution in [3.8, 4) is 0 Å². The first-order valence-corrected chi connectivity index (χ1v) is 9.17. The molecule has 2 heterocycles. The van der Waals surface area contributed by atoms with Crippen LogP contribution in [0.1, 0.15) is 63.9 Å². The summed E-state index contributed by atoms with van der Waals surface area (Å²) in [4.78, 5) is 8.73. The predicted molar refractivity (Wildman–Crippen MR) is 93.3 cm³/mol. The molecule has 1 aliphatic rings. The van der Waals surface area contributed by atoms with Crippen molar-refractivity contribution in [1.82, 2.24) is 10.3 Å². The molecule has 0 amide bonds. The topological polar surface area (TPSA) is 28.2 Å². The van der Waals surface area contributed by atoms with E-state index in [9.17, 15) is 0 Å². The smallest absolute Gasteiger partial charge is 0.185 e. The van der Waals surface area contributed by atoms with Crippen molar-refractivity contribution in [2.45, 2.75) is 72.4 Å². The number of aryl methyl sites for hydroxylation is 1. The van der Waals surface area contributed by atoms with Gasteiger partial charge in [0.05, 0.1) is 5.69 Å². The summed E-state index contributed by atoms with van der Waals surface area (Å²) in [5, 5.41) is 4.81. The zero-order chi connectivity index (χ0) is 15.5. The lowest BCUT2D eigenvalue weighted by Crippen LogP contribution is -2.34. The monoisotopic (exact) mass is 309 g/mol. The second kappa shape index (κ2) is 7.10. The average Bonchev–Trinajstić information content (AvgIpc) is 2.63. The summed E-state index contributed by atoms with van der Waals surface area (Å²) in [5.74, 6) is 0.915. The van der Waals surface area contributed by atoms with E-state index in [0.717, 1.165) is 12.5 Å².